The van der Waals surface area contributed by atoms with E-state index in [-0.39, 0.29) is 6.10 Å². The van der Waals surface area contributed by atoms with Crippen LogP contribution in [0, 0.1) is 0 Å². The Balaban J connectivity index is 2.55. The molecule has 0 heterocycles. The van der Waals surface area contributed by atoms with Gasteiger partial charge in [-0.1, -0.05) is 6.92 Å². The summed E-state index contributed by atoms with van der Waals surface area (Å²) in [6.07, 6.45) is 1.39. The monoisotopic (exact) mass is 238 g/mol. The molecule has 1 atom stereocenters. The second-order valence-corrected chi connectivity index (χ2v) is 4.20. The fraction of sp³-hybridized carbons (Fsp3) is 0.538. The molecule has 1 unspecified atom stereocenters. The van der Waals surface area contributed by atoms with E-state index in [1.54, 1.807) is 6.92 Å². The average molecular weight is 238 g/mol. The molecule has 4 heteroatoms. The number of ether oxygens (including phenoxy) is 1. The third-order valence-electron chi connectivity index (χ3n) is 2.29. The highest BCUT2D eigenvalue weighted by Crippen LogP contribution is 2.22. The van der Waals surface area contributed by atoms with Crippen LogP contribution in [0.2, 0.25) is 0 Å². The number of nitrogen functional groups attached to an aromatic ring is 1. The number of anilines is 2. The lowest BCUT2D eigenvalue weighted by molar-refractivity contribution is 0.189. The first kappa shape index (κ1) is 13.6. The molecule has 96 valence electrons. The van der Waals surface area contributed by atoms with Gasteiger partial charge in [0.1, 0.15) is 5.75 Å². The highest BCUT2D eigenvalue weighted by Gasteiger charge is 2.01. The van der Waals surface area contributed by atoms with E-state index in [0.717, 1.165) is 17.9 Å². The highest BCUT2D eigenvalue weighted by molar-refractivity contribution is 5.59. The molecular formula is C13H22N2O2. The fourth-order valence-electron chi connectivity index (χ4n) is 1.45. The van der Waals surface area contributed by atoms with Crippen molar-refractivity contribution in [2.45, 2.75) is 32.8 Å². The maximum absolute atomic E-state index is 9.17. The van der Waals surface area contributed by atoms with Gasteiger partial charge in [0.2, 0.25) is 0 Å². The molecule has 0 radical (unpaired) electrons. The molecule has 1 aromatic carbocycles. The van der Waals surface area contributed by atoms with E-state index in [1.807, 2.05) is 18.2 Å². The molecule has 17 heavy (non-hydrogen) atoms. The normalized spacial score (nSPS) is 12.2. The van der Waals surface area contributed by atoms with Crippen LogP contribution in [0.25, 0.3) is 0 Å². The van der Waals surface area contributed by atoms with Crippen molar-refractivity contribution >= 4 is 11.4 Å². The van der Waals surface area contributed by atoms with E-state index >= 15 is 0 Å². The van der Waals surface area contributed by atoms with Crippen LogP contribution in [-0.2, 0) is 0 Å². The van der Waals surface area contributed by atoms with Crippen molar-refractivity contribution in [1.82, 2.24) is 0 Å². The Bertz CT molecular complexity index is 340. The summed E-state index contributed by atoms with van der Waals surface area (Å²) < 4.78 is 5.53. The molecule has 0 aliphatic rings. The molecule has 0 aliphatic heterocycles. The van der Waals surface area contributed by atoms with Gasteiger partial charge < -0.3 is 20.9 Å². The van der Waals surface area contributed by atoms with E-state index in [1.165, 1.54) is 0 Å². The number of rotatable bonds is 7. The predicted octanol–water partition coefficient (Wildman–Crippen LogP) is 2.24. The summed E-state index contributed by atoms with van der Waals surface area (Å²) in [5.74, 6) is 0.784. The minimum absolute atomic E-state index is 0.292. The van der Waals surface area contributed by atoms with Crippen LogP contribution in [-0.4, -0.2) is 24.4 Å². The van der Waals surface area contributed by atoms with Gasteiger partial charge >= 0.3 is 0 Å². The SMILES string of the molecule is CCCOc1cc(N)cc(NCCC(C)O)c1. The summed E-state index contributed by atoms with van der Waals surface area (Å²) >= 11 is 0. The van der Waals surface area contributed by atoms with Gasteiger partial charge in [0.05, 0.1) is 12.7 Å². The Morgan fingerprint density at radius 3 is 2.82 bits per heavy atom. The third kappa shape index (κ3) is 5.45. The van der Waals surface area contributed by atoms with Crippen LogP contribution in [0.4, 0.5) is 11.4 Å². The first-order valence-electron chi connectivity index (χ1n) is 6.07. The second-order valence-electron chi connectivity index (χ2n) is 4.20. The van der Waals surface area contributed by atoms with Crippen LogP contribution in [0.3, 0.4) is 0 Å². The molecule has 1 aromatic rings. The average Bonchev–Trinajstić information content (AvgIpc) is 2.25. The van der Waals surface area contributed by atoms with Crippen molar-refractivity contribution in [3.05, 3.63) is 18.2 Å². The molecule has 0 bridgehead atoms. The molecule has 0 aromatic heterocycles. The Morgan fingerprint density at radius 1 is 1.41 bits per heavy atom. The molecule has 0 fully saturated rings. The molecule has 0 saturated carbocycles. The zero-order chi connectivity index (χ0) is 12.7. The zero-order valence-corrected chi connectivity index (χ0v) is 10.6. The van der Waals surface area contributed by atoms with Gasteiger partial charge in [-0.15, -0.1) is 0 Å². The van der Waals surface area contributed by atoms with Crippen LogP contribution in [0.15, 0.2) is 18.2 Å². The van der Waals surface area contributed by atoms with Gasteiger partial charge in [0.25, 0.3) is 0 Å². The molecule has 0 amide bonds. The van der Waals surface area contributed by atoms with E-state index in [4.69, 9.17) is 15.6 Å². The van der Waals surface area contributed by atoms with Crippen LogP contribution < -0.4 is 15.8 Å². The van der Waals surface area contributed by atoms with Gasteiger partial charge in [-0.3, -0.25) is 0 Å². The predicted molar refractivity (Wildman–Crippen MR) is 71.4 cm³/mol. The van der Waals surface area contributed by atoms with Crippen molar-refractivity contribution in [2.75, 3.05) is 24.2 Å². The number of hydrogen-bond acceptors (Lipinski definition) is 4. The van der Waals surface area contributed by atoms with Gasteiger partial charge in [-0.25, -0.2) is 0 Å². The molecule has 4 nitrogen and oxygen atoms in total. The Kier molecular flexibility index (Phi) is 5.63. The van der Waals surface area contributed by atoms with Crippen LogP contribution in [0.5, 0.6) is 5.75 Å². The van der Waals surface area contributed by atoms with Gasteiger partial charge in [0, 0.05) is 30.1 Å². The lowest BCUT2D eigenvalue weighted by atomic mass is 10.2. The fourth-order valence-corrected chi connectivity index (χ4v) is 1.45. The summed E-state index contributed by atoms with van der Waals surface area (Å²) in [5, 5.41) is 12.4. The molecule has 0 saturated heterocycles. The van der Waals surface area contributed by atoms with Crippen molar-refractivity contribution < 1.29 is 9.84 Å². The molecule has 1 rings (SSSR count). The van der Waals surface area contributed by atoms with Gasteiger partial charge in [0.15, 0.2) is 0 Å². The van der Waals surface area contributed by atoms with E-state index in [9.17, 15) is 0 Å². The number of benzene rings is 1. The largest absolute Gasteiger partial charge is 0.493 e. The molecular weight excluding hydrogens is 216 g/mol. The van der Waals surface area contributed by atoms with E-state index in [0.29, 0.717) is 25.3 Å². The number of aliphatic hydroxyl groups excluding tert-OH is 1. The van der Waals surface area contributed by atoms with Gasteiger partial charge in [-0.2, -0.15) is 0 Å². The van der Waals surface area contributed by atoms with Crippen molar-refractivity contribution in [3.63, 3.8) is 0 Å². The summed E-state index contributed by atoms with van der Waals surface area (Å²) in [6, 6.07) is 5.60. The quantitative estimate of drug-likeness (QED) is 0.637. The zero-order valence-electron chi connectivity index (χ0n) is 10.6. The van der Waals surface area contributed by atoms with E-state index in [2.05, 4.69) is 12.2 Å². The number of nitrogens with one attached hydrogen (secondary N) is 1. The standard InChI is InChI=1S/C13H22N2O2/c1-3-6-17-13-8-11(14)7-12(9-13)15-5-4-10(2)16/h7-10,15-16H,3-6,14H2,1-2H3. The number of hydrogen-bond donors (Lipinski definition) is 3. The number of aliphatic hydroxyl groups is 1. The van der Waals surface area contributed by atoms with Crippen LogP contribution in [0.1, 0.15) is 26.7 Å². The second kappa shape index (κ2) is 7.01. The first-order chi connectivity index (χ1) is 8.11. The van der Waals surface area contributed by atoms with Crippen molar-refractivity contribution in [2.24, 2.45) is 0 Å². The summed E-state index contributed by atoms with van der Waals surface area (Å²) in [5.41, 5.74) is 7.40. The summed E-state index contributed by atoms with van der Waals surface area (Å²) in [7, 11) is 0. The Hall–Kier alpha value is -1.42. The highest BCUT2D eigenvalue weighted by atomic mass is 16.5. The molecule has 0 aliphatic carbocycles. The van der Waals surface area contributed by atoms with Crippen molar-refractivity contribution in [1.29, 1.82) is 0 Å². The van der Waals surface area contributed by atoms with E-state index < -0.39 is 0 Å². The summed E-state index contributed by atoms with van der Waals surface area (Å²) in [4.78, 5) is 0. The minimum atomic E-state index is -0.292. The number of nitrogens with two attached hydrogens (primary N) is 1. The maximum atomic E-state index is 9.17. The Labute approximate surface area is 103 Å². The minimum Gasteiger partial charge on any atom is -0.493 e. The molecule has 0 spiro atoms. The van der Waals surface area contributed by atoms with Crippen molar-refractivity contribution in [3.8, 4) is 5.75 Å². The molecule has 4 N–H and O–H groups in total. The van der Waals surface area contributed by atoms with Crippen LogP contribution >= 0.6 is 0 Å². The third-order valence-corrected chi connectivity index (χ3v) is 2.29. The maximum Gasteiger partial charge on any atom is 0.123 e. The topological polar surface area (TPSA) is 67.5 Å². The lowest BCUT2D eigenvalue weighted by Gasteiger charge is -2.11. The van der Waals surface area contributed by atoms with Gasteiger partial charge in [-0.05, 0) is 25.8 Å². The Morgan fingerprint density at radius 2 is 2.18 bits per heavy atom. The first-order valence-corrected chi connectivity index (χ1v) is 6.07. The summed E-state index contributed by atoms with van der Waals surface area (Å²) in [6.45, 7) is 5.25. The smallest absolute Gasteiger partial charge is 0.123 e. The lowest BCUT2D eigenvalue weighted by Crippen LogP contribution is -2.10.